The van der Waals surface area contributed by atoms with Crippen molar-refractivity contribution in [1.29, 1.82) is 0 Å². The first-order chi connectivity index (χ1) is 18.8. The molecule has 200 valence electrons. The third-order valence-electron chi connectivity index (χ3n) is 6.74. The van der Waals surface area contributed by atoms with E-state index in [1.54, 1.807) is 38.1 Å². The van der Waals surface area contributed by atoms with E-state index >= 15 is 0 Å². The summed E-state index contributed by atoms with van der Waals surface area (Å²) in [5.41, 5.74) is 4.88. The minimum absolute atomic E-state index is 0.152. The lowest BCUT2D eigenvalue weighted by Crippen LogP contribution is -2.29. The normalized spacial score (nSPS) is 16.0. The van der Waals surface area contributed by atoms with Crippen LogP contribution in [0.25, 0.3) is 5.70 Å². The van der Waals surface area contributed by atoms with Crippen LogP contribution < -0.4 is 14.8 Å². The Morgan fingerprint density at radius 1 is 0.923 bits per heavy atom. The fourth-order valence-electron chi connectivity index (χ4n) is 5.06. The molecule has 1 atom stereocenters. The predicted octanol–water partition coefficient (Wildman–Crippen LogP) is 7.10. The zero-order valence-corrected chi connectivity index (χ0v) is 23.3. The summed E-state index contributed by atoms with van der Waals surface area (Å²) in [6.07, 6.45) is 0. The third kappa shape index (κ3) is 4.90. The second kappa shape index (κ2) is 11.2. The molecule has 0 bridgehead atoms. The molecular formula is C31H27Cl2NO5. The van der Waals surface area contributed by atoms with Crippen LogP contribution in [0.5, 0.6) is 11.5 Å². The standard InChI is InChI=1S/C31H27Cl2NO5/c1-4-37-24-15-19(14-23(33)30(24)39-16-18-10-6-9-13-22(18)32)26-25(31(36)38-5-2)17(3)34-28-20-11-7-8-12-21(20)29(35)27(26)28/h6-15,26,34H,4-5,16H2,1-3H3/t26-/m1/s1. The molecule has 1 aliphatic heterocycles. The molecule has 1 N–H and O–H groups in total. The van der Waals surface area contributed by atoms with Crippen LogP contribution in [0.2, 0.25) is 10.0 Å². The van der Waals surface area contributed by atoms with Gasteiger partial charge >= 0.3 is 5.97 Å². The van der Waals surface area contributed by atoms with Gasteiger partial charge in [-0.25, -0.2) is 4.79 Å². The lowest BCUT2D eigenvalue weighted by molar-refractivity contribution is -0.138. The Labute approximate surface area is 237 Å². The number of carbonyl (C=O) groups is 2. The molecule has 5 rings (SSSR count). The molecule has 1 aliphatic carbocycles. The maximum Gasteiger partial charge on any atom is 0.336 e. The zero-order chi connectivity index (χ0) is 27.7. The Bertz CT molecular complexity index is 1540. The number of nitrogens with one attached hydrogen (secondary N) is 1. The molecule has 0 saturated heterocycles. The van der Waals surface area contributed by atoms with E-state index in [-0.39, 0.29) is 24.0 Å². The van der Waals surface area contributed by atoms with Crippen LogP contribution in [0.4, 0.5) is 0 Å². The van der Waals surface area contributed by atoms with Crippen LogP contribution in [0, 0.1) is 0 Å². The second-order valence-corrected chi connectivity index (χ2v) is 9.94. The Kier molecular flexibility index (Phi) is 7.69. The van der Waals surface area contributed by atoms with Crippen molar-refractivity contribution in [2.45, 2.75) is 33.3 Å². The zero-order valence-electron chi connectivity index (χ0n) is 21.8. The summed E-state index contributed by atoms with van der Waals surface area (Å²) in [5, 5.41) is 4.16. The predicted molar refractivity (Wildman–Crippen MR) is 151 cm³/mol. The number of Topliss-reactive ketones (excluding diaryl/α,β-unsaturated/α-hetero) is 1. The summed E-state index contributed by atoms with van der Waals surface area (Å²) >= 11 is 13.1. The van der Waals surface area contributed by atoms with E-state index in [1.165, 1.54) is 0 Å². The van der Waals surface area contributed by atoms with Crippen molar-refractivity contribution in [3.05, 3.63) is 110 Å². The smallest absolute Gasteiger partial charge is 0.336 e. The van der Waals surface area contributed by atoms with E-state index in [1.807, 2.05) is 43.3 Å². The van der Waals surface area contributed by atoms with Crippen LogP contribution in [-0.2, 0) is 16.1 Å². The van der Waals surface area contributed by atoms with Gasteiger partial charge < -0.3 is 19.5 Å². The van der Waals surface area contributed by atoms with Crippen LogP contribution in [0.15, 0.2) is 77.5 Å². The number of esters is 1. The summed E-state index contributed by atoms with van der Waals surface area (Å²) in [6, 6.07) is 18.3. The molecule has 6 nitrogen and oxygen atoms in total. The van der Waals surface area contributed by atoms with Gasteiger partial charge in [0.2, 0.25) is 0 Å². The number of allylic oxidation sites excluding steroid dienone is 2. The first-order valence-corrected chi connectivity index (χ1v) is 13.5. The summed E-state index contributed by atoms with van der Waals surface area (Å²) in [4.78, 5) is 27.0. The summed E-state index contributed by atoms with van der Waals surface area (Å²) in [5.74, 6) is -0.632. The SMILES string of the molecule is CCOC(=O)C1=C(C)NC2=C(C(=O)c3ccccc32)[C@@H]1c1cc(Cl)c(OCc2ccccc2Cl)c(OCC)c1. The summed E-state index contributed by atoms with van der Waals surface area (Å²) in [7, 11) is 0. The highest BCUT2D eigenvalue weighted by Gasteiger charge is 2.43. The van der Waals surface area contributed by atoms with Crippen LogP contribution >= 0.6 is 23.2 Å². The van der Waals surface area contributed by atoms with Gasteiger partial charge in [-0.1, -0.05) is 65.7 Å². The van der Waals surface area contributed by atoms with Gasteiger partial charge in [0.1, 0.15) is 6.61 Å². The number of ketones is 1. The van der Waals surface area contributed by atoms with Gasteiger partial charge in [0.05, 0.1) is 29.5 Å². The minimum atomic E-state index is -0.727. The summed E-state index contributed by atoms with van der Waals surface area (Å²) < 4.78 is 17.5. The summed E-state index contributed by atoms with van der Waals surface area (Å²) in [6.45, 7) is 6.14. The first-order valence-electron chi connectivity index (χ1n) is 12.7. The topological polar surface area (TPSA) is 73.9 Å². The number of dihydropyridines is 1. The molecule has 0 saturated carbocycles. The van der Waals surface area contributed by atoms with Crippen molar-refractivity contribution in [2.75, 3.05) is 13.2 Å². The van der Waals surface area contributed by atoms with Crippen LogP contribution in [0.3, 0.4) is 0 Å². The third-order valence-corrected chi connectivity index (χ3v) is 7.39. The number of rotatable bonds is 8. The molecule has 1 heterocycles. The first kappa shape index (κ1) is 26.9. The number of hydrogen-bond acceptors (Lipinski definition) is 6. The van der Waals surface area contributed by atoms with E-state index < -0.39 is 11.9 Å². The fourth-order valence-corrected chi connectivity index (χ4v) is 5.53. The van der Waals surface area contributed by atoms with Gasteiger partial charge in [-0.2, -0.15) is 0 Å². The van der Waals surface area contributed by atoms with Crippen LogP contribution in [0.1, 0.15) is 53.7 Å². The molecule has 2 aliphatic rings. The molecule has 8 heteroatoms. The lowest BCUT2D eigenvalue weighted by atomic mass is 9.79. The highest BCUT2D eigenvalue weighted by molar-refractivity contribution is 6.32. The molecule has 3 aromatic rings. The Balaban J connectivity index is 1.63. The number of hydrogen-bond donors (Lipinski definition) is 1. The molecule has 0 amide bonds. The van der Waals surface area contributed by atoms with Crippen molar-refractivity contribution in [2.24, 2.45) is 0 Å². The molecule has 0 fully saturated rings. The van der Waals surface area contributed by atoms with Gasteiger partial charge in [0, 0.05) is 38.9 Å². The van der Waals surface area contributed by atoms with Gasteiger partial charge in [0.15, 0.2) is 17.3 Å². The van der Waals surface area contributed by atoms with Gasteiger partial charge in [-0.15, -0.1) is 0 Å². The quantitative estimate of drug-likeness (QED) is 0.294. The van der Waals surface area contributed by atoms with E-state index in [9.17, 15) is 9.59 Å². The highest BCUT2D eigenvalue weighted by Crippen LogP contribution is 2.49. The fraction of sp³-hybridized carbons (Fsp3) is 0.226. The second-order valence-electron chi connectivity index (χ2n) is 9.12. The number of ether oxygens (including phenoxy) is 3. The van der Waals surface area contributed by atoms with Crippen molar-refractivity contribution < 1.29 is 23.8 Å². The number of carbonyl (C=O) groups excluding carboxylic acids is 2. The van der Waals surface area contributed by atoms with E-state index in [4.69, 9.17) is 37.4 Å². The van der Waals surface area contributed by atoms with Crippen molar-refractivity contribution in [3.63, 3.8) is 0 Å². The average Bonchev–Trinajstić information content (AvgIpc) is 3.20. The lowest BCUT2D eigenvalue weighted by Gasteiger charge is -2.30. The number of fused-ring (bicyclic) bond motifs is 2. The Morgan fingerprint density at radius 2 is 1.64 bits per heavy atom. The van der Waals surface area contributed by atoms with E-state index in [0.717, 1.165) is 11.1 Å². The molecule has 39 heavy (non-hydrogen) atoms. The minimum Gasteiger partial charge on any atom is -0.490 e. The van der Waals surface area contributed by atoms with Gasteiger partial charge in [-0.05, 0) is 44.5 Å². The van der Waals surface area contributed by atoms with Crippen molar-refractivity contribution in [3.8, 4) is 11.5 Å². The van der Waals surface area contributed by atoms with Crippen LogP contribution in [-0.4, -0.2) is 25.0 Å². The number of benzene rings is 3. The Morgan fingerprint density at radius 3 is 2.36 bits per heavy atom. The van der Waals surface area contributed by atoms with Gasteiger partial charge in [-0.3, -0.25) is 4.79 Å². The van der Waals surface area contributed by atoms with Crippen molar-refractivity contribution >= 4 is 40.7 Å². The monoisotopic (exact) mass is 563 g/mol. The highest BCUT2D eigenvalue weighted by atomic mass is 35.5. The molecule has 0 radical (unpaired) electrons. The van der Waals surface area contributed by atoms with E-state index in [2.05, 4.69) is 5.32 Å². The van der Waals surface area contributed by atoms with E-state index in [0.29, 0.717) is 56.8 Å². The molecule has 0 spiro atoms. The number of halogens is 2. The molecule has 0 unspecified atom stereocenters. The van der Waals surface area contributed by atoms with Gasteiger partial charge in [0.25, 0.3) is 0 Å². The molecule has 0 aromatic heterocycles. The van der Waals surface area contributed by atoms with Crippen molar-refractivity contribution in [1.82, 2.24) is 5.32 Å². The largest absolute Gasteiger partial charge is 0.490 e. The molecular weight excluding hydrogens is 537 g/mol. The molecule has 3 aromatic carbocycles. The Hall–Kier alpha value is -3.74. The maximum absolute atomic E-state index is 13.7. The average molecular weight is 564 g/mol. The maximum atomic E-state index is 13.7.